The number of hydrogen-bond donors (Lipinski definition) is 0. The molecule has 116 valence electrons. The van der Waals surface area contributed by atoms with Gasteiger partial charge in [-0.1, -0.05) is 0 Å². The highest BCUT2D eigenvalue weighted by Gasteiger charge is 2.15. The Kier molecular flexibility index (Phi) is 7.93. The summed E-state index contributed by atoms with van der Waals surface area (Å²) in [7, 11) is 0. The molecule has 0 amide bonds. The quantitative estimate of drug-likeness (QED) is 0.218. The topological polar surface area (TPSA) is 38.8 Å². The molecule has 2 rings (SSSR count). The van der Waals surface area contributed by atoms with Crippen LogP contribution in [0.4, 0.5) is 0 Å². The lowest BCUT2D eigenvalue weighted by Crippen LogP contribution is -2.37. The van der Waals surface area contributed by atoms with Gasteiger partial charge in [-0.3, -0.25) is 4.90 Å². The van der Waals surface area contributed by atoms with Crippen molar-refractivity contribution in [3.63, 3.8) is 0 Å². The van der Waals surface area contributed by atoms with Crippen molar-refractivity contribution in [2.24, 2.45) is 0 Å². The van der Waals surface area contributed by atoms with E-state index < -0.39 is 0 Å². The monoisotopic (exact) mass is 627 g/mol. The average molecular weight is 627 g/mol. The van der Waals surface area contributed by atoms with E-state index in [2.05, 4.69) is 78.7 Å². The van der Waals surface area contributed by atoms with Gasteiger partial charge in [0.15, 0.2) is 0 Å². The SMILES string of the molecule is O=C(OCCCN1CCOCC1)c1cc(I)cc(I)c1I. The summed E-state index contributed by atoms with van der Waals surface area (Å²) in [5.41, 5.74) is 0.665. The Morgan fingerprint density at radius 1 is 1.24 bits per heavy atom. The first-order valence-corrected chi connectivity index (χ1v) is 9.93. The lowest BCUT2D eigenvalue weighted by atomic mass is 10.2. The van der Waals surface area contributed by atoms with Crippen molar-refractivity contribution < 1.29 is 14.3 Å². The van der Waals surface area contributed by atoms with Gasteiger partial charge in [0, 0.05) is 30.3 Å². The molecule has 0 unspecified atom stereocenters. The van der Waals surface area contributed by atoms with Gasteiger partial charge in [0.1, 0.15) is 0 Å². The summed E-state index contributed by atoms with van der Waals surface area (Å²) in [6, 6.07) is 3.94. The minimum Gasteiger partial charge on any atom is -0.462 e. The average Bonchev–Trinajstić information content (AvgIpc) is 2.48. The summed E-state index contributed by atoms with van der Waals surface area (Å²) in [5, 5.41) is 0. The Hall–Kier alpha value is 0.800. The highest BCUT2D eigenvalue weighted by molar-refractivity contribution is 14.1. The zero-order chi connectivity index (χ0) is 15.2. The fourth-order valence-electron chi connectivity index (χ4n) is 2.06. The normalized spacial score (nSPS) is 16.0. The number of benzene rings is 1. The van der Waals surface area contributed by atoms with Crippen molar-refractivity contribution in [3.8, 4) is 0 Å². The van der Waals surface area contributed by atoms with Gasteiger partial charge in [-0.2, -0.15) is 0 Å². The number of esters is 1. The molecular formula is C14H16I3NO3. The number of ether oxygens (including phenoxy) is 2. The van der Waals surface area contributed by atoms with Crippen LogP contribution in [0.15, 0.2) is 12.1 Å². The lowest BCUT2D eigenvalue weighted by Gasteiger charge is -2.26. The van der Waals surface area contributed by atoms with Crippen LogP contribution in [0.25, 0.3) is 0 Å². The Balaban J connectivity index is 1.79. The molecule has 21 heavy (non-hydrogen) atoms. The van der Waals surface area contributed by atoms with E-state index >= 15 is 0 Å². The van der Waals surface area contributed by atoms with Crippen LogP contribution in [0.2, 0.25) is 0 Å². The maximum atomic E-state index is 12.2. The Labute approximate surface area is 165 Å². The summed E-state index contributed by atoms with van der Waals surface area (Å²) in [4.78, 5) is 14.5. The molecule has 4 nitrogen and oxygen atoms in total. The molecule has 0 saturated carbocycles. The maximum absolute atomic E-state index is 12.2. The van der Waals surface area contributed by atoms with Crippen LogP contribution in [0.5, 0.6) is 0 Å². The van der Waals surface area contributed by atoms with Gasteiger partial charge in [0.25, 0.3) is 0 Å². The summed E-state index contributed by atoms with van der Waals surface area (Å²) >= 11 is 6.66. The second kappa shape index (κ2) is 9.18. The molecule has 7 heteroatoms. The molecule has 1 aromatic rings. The third-order valence-electron chi connectivity index (χ3n) is 3.17. The van der Waals surface area contributed by atoms with Crippen molar-refractivity contribution in [1.82, 2.24) is 4.90 Å². The first kappa shape index (κ1) is 18.1. The van der Waals surface area contributed by atoms with Gasteiger partial charge in [0.2, 0.25) is 0 Å². The smallest absolute Gasteiger partial charge is 0.339 e. The zero-order valence-corrected chi connectivity index (χ0v) is 17.9. The maximum Gasteiger partial charge on any atom is 0.339 e. The van der Waals surface area contributed by atoms with Gasteiger partial charge >= 0.3 is 5.97 Å². The predicted octanol–water partition coefficient (Wildman–Crippen LogP) is 3.38. The van der Waals surface area contributed by atoms with Gasteiger partial charge in [-0.15, -0.1) is 0 Å². The largest absolute Gasteiger partial charge is 0.462 e. The minimum atomic E-state index is -0.224. The molecule has 0 N–H and O–H groups in total. The van der Waals surface area contributed by atoms with Crippen LogP contribution in [-0.4, -0.2) is 50.3 Å². The van der Waals surface area contributed by atoms with E-state index in [4.69, 9.17) is 9.47 Å². The molecule has 0 radical (unpaired) electrons. The Morgan fingerprint density at radius 2 is 1.95 bits per heavy atom. The standard InChI is InChI=1S/C14H16I3NO3/c15-10-8-11(13(17)12(16)9-10)14(19)21-5-1-2-18-3-6-20-7-4-18/h8-9H,1-7H2. The number of carbonyl (C=O) groups excluding carboxylic acids is 1. The molecule has 1 aliphatic rings. The van der Waals surface area contributed by atoms with Crippen molar-refractivity contribution in [2.75, 3.05) is 39.5 Å². The number of morpholine rings is 1. The highest BCUT2D eigenvalue weighted by Crippen LogP contribution is 2.23. The lowest BCUT2D eigenvalue weighted by molar-refractivity contribution is 0.0298. The van der Waals surface area contributed by atoms with Crippen molar-refractivity contribution >= 4 is 73.7 Å². The van der Waals surface area contributed by atoms with E-state index in [9.17, 15) is 4.79 Å². The van der Waals surface area contributed by atoms with Gasteiger partial charge in [-0.05, 0) is 86.3 Å². The van der Waals surface area contributed by atoms with E-state index in [0.717, 1.165) is 50.0 Å². The summed E-state index contributed by atoms with van der Waals surface area (Å²) in [6.45, 7) is 4.98. The van der Waals surface area contributed by atoms with Crippen molar-refractivity contribution in [1.29, 1.82) is 0 Å². The first-order chi connectivity index (χ1) is 10.1. The van der Waals surface area contributed by atoms with Gasteiger partial charge < -0.3 is 9.47 Å². The molecule has 1 aliphatic heterocycles. The number of nitrogens with zero attached hydrogens (tertiary/aromatic N) is 1. The Morgan fingerprint density at radius 3 is 2.67 bits per heavy atom. The highest BCUT2D eigenvalue weighted by atomic mass is 127. The first-order valence-electron chi connectivity index (χ1n) is 6.69. The van der Waals surface area contributed by atoms with Crippen LogP contribution in [-0.2, 0) is 9.47 Å². The van der Waals surface area contributed by atoms with Gasteiger partial charge in [0.05, 0.1) is 25.4 Å². The molecule has 1 fully saturated rings. The third-order valence-corrected chi connectivity index (χ3v) is 6.84. The molecule has 0 bridgehead atoms. The summed E-state index contributed by atoms with van der Waals surface area (Å²) < 4.78 is 13.8. The van der Waals surface area contributed by atoms with Crippen LogP contribution < -0.4 is 0 Å². The fraction of sp³-hybridized carbons (Fsp3) is 0.500. The molecule has 1 saturated heterocycles. The van der Waals surface area contributed by atoms with Crippen LogP contribution in [0, 0.1) is 10.7 Å². The second-order valence-electron chi connectivity index (χ2n) is 4.69. The second-order valence-corrected chi connectivity index (χ2v) is 8.18. The van der Waals surface area contributed by atoms with Crippen LogP contribution >= 0.6 is 67.8 Å². The molecule has 0 atom stereocenters. The Bertz CT molecular complexity index is 504. The minimum absolute atomic E-state index is 0.224. The summed E-state index contributed by atoms with van der Waals surface area (Å²) in [5.74, 6) is -0.224. The summed E-state index contributed by atoms with van der Waals surface area (Å²) in [6.07, 6.45) is 0.864. The molecule has 1 heterocycles. The zero-order valence-electron chi connectivity index (χ0n) is 11.4. The number of carbonyl (C=O) groups is 1. The van der Waals surface area contributed by atoms with E-state index in [1.807, 2.05) is 6.07 Å². The third kappa shape index (κ3) is 5.74. The number of rotatable bonds is 5. The molecule has 0 aliphatic carbocycles. The molecule has 0 aromatic heterocycles. The van der Waals surface area contributed by atoms with Crippen molar-refractivity contribution in [3.05, 3.63) is 28.4 Å². The predicted molar refractivity (Wildman–Crippen MR) is 107 cm³/mol. The number of halogens is 3. The van der Waals surface area contributed by atoms with E-state index in [0.29, 0.717) is 12.2 Å². The van der Waals surface area contributed by atoms with E-state index in [1.165, 1.54) is 0 Å². The number of hydrogen-bond acceptors (Lipinski definition) is 4. The van der Waals surface area contributed by atoms with Crippen LogP contribution in [0.1, 0.15) is 16.8 Å². The molecule has 1 aromatic carbocycles. The molecular weight excluding hydrogens is 611 g/mol. The molecule has 0 spiro atoms. The van der Waals surface area contributed by atoms with Crippen molar-refractivity contribution in [2.45, 2.75) is 6.42 Å². The van der Waals surface area contributed by atoms with Crippen LogP contribution in [0.3, 0.4) is 0 Å². The fourth-order valence-corrected chi connectivity index (χ4v) is 4.44. The van der Waals surface area contributed by atoms with E-state index in [-0.39, 0.29) is 5.97 Å². The van der Waals surface area contributed by atoms with Gasteiger partial charge in [-0.25, -0.2) is 4.79 Å². The van der Waals surface area contributed by atoms with E-state index in [1.54, 1.807) is 0 Å².